The molecule has 1 fully saturated rings. The van der Waals surface area contributed by atoms with E-state index in [-0.39, 0.29) is 0 Å². The average Bonchev–Trinajstić information content (AvgIpc) is 1.73. The molecule has 4 heterocycles. The van der Waals surface area contributed by atoms with Crippen LogP contribution in [-0.4, -0.2) is 121 Å². The third-order valence-corrected chi connectivity index (χ3v) is 17.5. The zero-order chi connectivity index (χ0) is 68.9. The second-order valence-corrected chi connectivity index (χ2v) is 25.9. The Kier molecular flexibility index (Phi) is 28.6. The molecule has 1 aliphatic rings. The van der Waals surface area contributed by atoms with Crippen molar-refractivity contribution in [3.05, 3.63) is 202 Å². The summed E-state index contributed by atoms with van der Waals surface area (Å²) in [7, 11) is 8.59. The third-order valence-electron chi connectivity index (χ3n) is 17.5. The second-order valence-electron chi connectivity index (χ2n) is 25.9. The van der Waals surface area contributed by atoms with Crippen molar-refractivity contribution in [2.45, 2.75) is 157 Å². The van der Waals surface area contributed by atoms with Crippen LogP contribution in [0, 0.1) is 23.7 Å². The first-order valence-electron chi connectivity index (χ1n) is 35.2. The Labute approximate surface area is 580 Å². The highest BCUT2D eigenvalue weighted by Gasteiger charge is 2.19. The lowest BCUT2D eigenvalue weighted by Gasteiger charge is -2.15. The van der Waals surface area contributed by atoms with Crippen LogP contribution in [0.15, 0.2) is 152 Å². The van der Waals surface area contributed by atoms with Gasteiger partial charge in [-0.25, -0.2) is 0 Å². The molecular weight excluding hydrogens is 1220 g/mol. The third kappa shape index (κ3) is 22.3. The SMILES string of the molecule is C#Cc1cccc(COc2ccc3n[nH]c(CN(C)CCCC)c3c2)c1.CCCCN(C)Cc1[nH]nc2ccc(OC3CCCC3)cc12.CCCCN(C)Cc1[nH]nc2ccc(OCc3ccc(C#N)cc3)cc12.CCCCN(C)Cc1[nH]nc2ccc(OCc3ccccc3)cc12. The highest BCUT2D eigenvalue weighted by atomic mass is 16.5. The number of unbranched alkanes of at least 4 members (excludes halogenated alkanes) is 4. The van der Waals surface area contributed by atoms with Crippen LogP contribution >= 0.6 is 0 Å². The predicted molar refractivity (Wildman–Crippen MR) is 397 cm³/mol. The number of hydrogen-bond donors (Lipinski definition) is 4. The largest absolute Gasteiger partial charge is 0.490 e. The summed E-state index contributed by atoms with van der Waals surface area (Å²) in [5, 5.41) is 43.7. The van der Waals surface area contributed by atoms with Gasteiger partial charge in [0.25, 0.3) is 0 Å². The van der Waals surface area contributed by atoms with Gasteiger partial charge in [0.1, 0.15) is 42.8 Å². The Balaban J connectivity index is 0.000000153. The number of rotatable bonds is 31. The first-order valence-corrected chi connectivity index (χ1v) is 35.2. The molecule has 0 amide bonds. The summed E-state index contributed by atoms with van der Waals surface area (Å²) in [4.78, 5) is 9.30. The van der Waals surface area contributed by atoms with Gasteiger partial charge in [0.15, 0.2) is 0 Å². The number of benzene rings is 7. The lowest BCUT2D eigenvalue weighted by molar-refractivity contribution is 0.210. The van der Waals surface area contributed by atoms with E-state index < -0.39 is 0 Å². The van der Waals surface area contributed by atoms with Gasteiger partial charge >= 0.3 is 0 Å². The van der Waals surface area contributed by atoms with Crippen molar-refractivity contribution in [2.24, 2.45) is 0 Å². The van der Waals surface area contributed by atoms with Crippen LogP contribution < -0.4 is 18.9 Å². The molecule has 17 heteroatoms. The van der Waals surface area contributed by atoms with E-state index in [2.05, 4.69) is 165 Å². The maximum atomic E-state index is 8.86. The first-order chi connectivity index (χ1) is 47.9. The van der Waals surface area contributed by atoms with E-state index >= 15 is 0 Å². The molecule has 12 rings (SSSR count). The van der Waals surface area contributed by atoms with E-state index in [1.165, 1.54) is 93.7 Å². The summed E-state index contributed by atoms with van der Waals surface area (Å²) in [6.07, 6.45) is 20.5. The van der Waals surface area contributed by atoms with Crippen LogP contribution in [0.2, 0.25) is 0 Å². The van der Waals surface area contributed by atoms with Gasteiger partial charge in [-0.05, 0) is 219 Å². The van der Waals surface area contributed by atoms with Crippen LogP contribution in [0.4, 0.5) is 0 Å². The molecule has 0 aliphatic heterocycles. The van der Waals surface area contributed by atoms with Gasteiger partial charge in [0.2, 0.25) is 0 Å². The van der Waals surface area contributed by atoms with Crippen molar-refractivity contribution >= 4 is 43.6 Å². The predicted octanol–water partition coefficient (Wildman–Crippen LogP) is 17.1. The van der Waals surface area contributed by atoms with Gasteiger partial charge in [-0.2, -0.15) is 25.7 Å². The van der Waals surface area contributed by atoms with Crippen molar-refractivity contribution in [1.29, 1.82) is 5.26 Å². The molecule has 0 bridgehead atoms. The quantitative estimate of drug-likeness (QED) is 0.0301. The van der Waals surface area contributed by atoms with Crippen LogP contribution in [0.3, 0.4) is 0 Å². The minimum atomic E-state index is 0.403. The van der Waals surface area contributed by atoms with Crippen molar-refractivity contribution in [3.63, 3.8) is 0 Å². The Morgan fingerprint density at radius 1 is 0.418 bits per heavy atom. The highest BCUT2D eigenvalue weighted by molar-refractivity contribution is 5.85. The maximum Gasteiger partial charge on any atom is 0.120 e. The van der Waals surface area contributed by atoms with Crippen LogP contribution in [0.1, 0.15) is 155 Å². The zero-order valence-corrected chi connectivity index (χ0v) is 59.0. The van der Waals surface area contributed by atoms with Gasteiger partial charge in [-0.3, -0.25) is 20.4 Å². The number of nitriles is 1. The molecule has 4 aromatic heterocycles. The normalized spacial score (nSPS) is 12.2. The second kappa shape index (κ2) is 38.5. The number of nitrogens with one attached hydrogen (secondary N) is 4. The number of H-pyrrole nitrogens is 4. The van der Waals surface area contributed by atoms with E-state index in [0.717, 1.165) is 147 Å². The molecule has 0 radical (unpaired) electrons. The molecule has 514 valence electrons. The van der Waals surface area contributed by atoms with Gasteiger partial charge in [0.05, 0.1) is 62.6 Å². The summed E-state index contributed by atoms with van der Waals surface area (Å²) >= 11 is 0. The van der Waals surface area contributed by atoms with Gasteiger partial charge in [0, 0.05) is 53.3 Å². The van der Waals surface area contributed by atoms with E-state index in [9.17, 15) is 0 Å². The highest BCUT2D eigenvalue weighted by Crippen LogP contribution is 2.30. The fourth-order valence-corrected chi connectivity index (χ4v) is 11.8. The minimum Gasteiger partial charge on any atom is -0.490 e. The van der Waals surface area contributed by atoms with E-state index in [1.54, 1.807) is 0 Å². The molecule has 0 spiro atoms. The number of terminal acetylenes is 1. The van der Waals surface area contributed by atoms with Crippen molar-refractivity contribution in [1.82, 2.24) is 60.4 Å². The maximum absolute atomic E-state index is 8.86. The van der Waals surface area contributed by atoms with E-state index in [0.29, 0.717) is 31.5 Å². The van der Waals surface area contributed by atoms with Crippen LogP contribution in [0.5, 0.6) is 23.0 Å². The molecule has 4 N–H and O–H groups in total. The molecular formula is C81H101N13O4. The van der Waals surface area contributed by atoms with Crippen LogP contribution in [0.25, 0.3) is 43.6 Å². The van der Waals surface area contributed by atoms with Crippen molar-refractivity contribution in [2.75, 3.05) is 54.4 Å². The Hall–Kier alpha value is -9.49. The molecule has 0 unspecified atom stereocenters. The molecule has 7 aromatic carbocycles. The monoisotopic (exact) mass is 1320 g/mol. The van der Waals surface area contributed by atoms with E-state index in [1.807, 2.05) is 115 Å². The lowest BCUT2D eigenvalue weighted by Crippen LogP contribution is -2.19. The molecule has 98 heavy (non-hydrogen) atoms. The number of nitrogens with zero attached hydrogens (tertiary/aromatic N) is 9. The Morgan fingerprint density at radius 3 is 1.15 bits per heavy atom. The number of fused-ring (bicyclic) bond motifs is 4. The number of hydrogen-bond acceptors (Lipinski definition) is 13. The molecule has 11 aromatic rings. The summed E-state index contributed by atoms with van der Waals surface area (Å²) in [6.45, 7) is 18.3. The van der Waals surface area contributed by atoms with Gasteiger partial charge in [-0.1, -0.05) is 114 Å². The number of aromatic nitrogens is 8. The standard InChI is InChI=1S/C22H25N3O.C21H24N4O.C20H25N3O.C18H27N3O/c1-4-6-12-25(3)15-22-20-14-19(10-11-21(20)23-24-22)26-16-18-9-7-8-17(5-2)13-18;1-3-4-11-25(2)14-21-19-12-18(9-10-20(19)23-24-21)26-15-17-7-5-16(13-22)6-8-17;1-3-4-12-23(2)14-20-18-13-17(10-11-19(18)21-22-20)24-15-16-8-6-5-7-9-16;1-3-4-11-21(2)13-18-16-12-15(9-10-17(16)19-20-18)22-14-7-5-6-8-14/h2,7-11,13-14H,4,6,12,15-16H2,1,3H3,(H,23,24);5-10,12H,3-4,11,14-15H2,1-2H3,(H,23,24);5-11,13H,3-4,12,14-15H2,1-2H3,(H,21,22);9-10,12,14H,3-8,11,13H2,1-2H3,(H,19,20). The van der Waals surface area contributed by atoms with E-state index in [4.69, 9.17) is 30.6 Å². The first kappa shape index (κ1) is 72.8. The molecule has 17 nitrogen and oxygen atoms in total. The Bertz CT molecular complexity index is 4250. The zero-order valence-electron chi connectivity index (χ0n) is 59.0. The smallest absolute Gasteiger partial charge is 0.120 e. The minimum absolute atomic E-state index is 0.403. The average molecular weight is 1320 g/mol. The van der Waals surface area contributed by atoms with Gasteiger partial charge in [-0.15, -0.1) is 6.42 Å². The Morgan fingerprint density at radius 2 is 0.776 bits per heavy atom. The summed E-state index contributed by atoms with van der Waals surface area (Å²) < 4.78 is 24.0. The molecule has 1 saturated carbocycles. The van der Waals surface area contributed by atoms with Crippen molar-refractivity contribution in [3.8, 4) is 41.4 Å². The summed E-state index contributed by atoms with van der Waals surface area (Å²) in [5.74, 6) is 6.17. The number of ether oxygens (including phenoxy) is 4. The van der Waals surface area contributed by atoms with Crippen LogP contribution in [-0.2, 0) is 46.0 Å². The topological polar surface area (TPSA) is 188 Å². The molecule has 0 atom stereocenters. The lowest BCUT2D eigenvalue weighted by atomic mass is 10.1. The fourth-order valence-electron chi connectivity index (χ4n) is 11.8. The fraction of sp³-hybridized carbons (Fsp3) is 0.395. The summed E-state index contributed by atoms with van der Waals surface area (Å²) in [5.41, 5.74) is 13.3. The van der Waals surface area contributed by atoms with Crippen molar-refractivity contribution < 1.29 is 18.9 Å². The molecule has 1 aliphatic carbocycles. The molecule has 0 saturated heterocycles. The number of aromatic amines is 4. The van der Waals surface area contributed by atoms with Gasteiger partial charge < -0.3 is 38.5 Å². The summed E-state index contributed by atoms with van der Waals surface area (Å²) in [6, 6.07) is 52.0.